The number of rotatable bonds is 5. The molecule has 142 valence electrons. The van der Waals surface area contributed by atoms with E-state index in [0.29, 0.717) is 6.54 Å². The van der Waals surface area contributed by atoms with Crippen LogP contribution in [0.3, 0.4) is 0 Å². The van der Waals surface area contributed by atoms with Crippen molar-refractivity contribution in [1.82, 2.24) is 10.2 Å². The standard InChI is InChI=1S/C22H27N3O2/c1-17(26)23-19-12-14-25(15-13-19)21-11-7-6-10-20(21)22(27)24(2)16-18-8-4-3-5-9-18/h3-11,19H,12-16H2,1-2H3,(H,23,26). The molecule has 2 aromatic carbocycles. The molecule has 0 unspecified atom stereocenters. The van der Waals surface area contributed by atoms with E-state index in [-0.39, 0.29) is 17.9 Å². The van der Waals surface area contributed by atoms with Crippen molar-refractivity contribution in [3.05, 3.63) is 65.7 Å². The molecule has 0 aliphatic carbocycles. The Morgan fingerprint density at radius 1 is 1.04 bits per heavy atom. The van der Waals surface area contributed by atoms with Crippen LogP contribution in [0.25, 0.3) is 0 Å². The van der Waals surface area contributed by atoms with Gasteiger partial charge in [-0.15, -0.1) is 0 Å². The highest BCUT2D eigenvalue weighted by molar-refractivity contribution is 5.99. The van der Waals surface area contributed by atoms with Crippen LogP contribution >= 0.6 is 0 Å². The number of carbonyl (C=O) groups excluding carboxylic acids is 2. The molecule has 1 fully saturated rings. The number of para-hydroxylation sites is 1. The second-order valence-electron chi connectivity index (χ2n) is 7.13. The first-order valence-electron chi connectivity index (χ1n) is 9.45. The predicted octanol–water partition coefficient (Wildman–Crippen LogP) is 3.06. The highest BCUT2D eigenvalue weighted by Gasteiger charge is 2.24. The van der Waals surface area contributed by atoms with Gasteiger partial charge in [0.1, 0.15) is 0 Å². The number of hydrogen-bond acceptors (Lipinski definition) is 3. The molecule has 1 N–H and O–H groups in total. The molecular weight excluding hydrogens is 338 g/mol. The summed E-state index contributed by atoms with van der Waals surface area (Å²) in [4.78, 5) is 28.3. The lowest BCUT2D eigenvalue weighted by atomic mass is 10.0. The average Bonchev–Trinajstić information content (AvgIpc) is 2.68. The van der Waals surface area contributed by atoms with Crippen molar-refractivity contribution in [3.63, 3.8) is 0 Å². The summed E-state index contributed by atoms with van der Waals surface area (Å²) in [6, 6.07) is 18.0. The number of amides is 2. The normalized spacial score (nSPS) is 14.7. The van der Waals surface area contributed by atoms with Crippen molar-refractivity contribution in [3.8, 4) is 0 Å². The quantitative estimate of drug-likeness (QED) is 0.886. The molecule has 0 spiro atoms. The Morgan fingerprint density at radius 3 is 2.33 bits per heavy atom. The molecule has 1 aliphatic rings. The zero-order valence-corrected chi connectivity index (χ0v) is 16.0. The van der Waals surface area contributed by atoms with Gasteiger partial charge >= 0.3 is 0 Å². The van der Waals surface area contributed by atoms with Crippen LogP contribution in [0.15, 0.2) is 54.6 Å². The maximum absolute atomic E-state index is 13.1. The minimum atomic E-state index is 0.0200. The molecule has 1 heterocycles. The summed E-state index contributed by atoms with van der Waals surface area (Å²) in [7, 11) is 1.84. The summed E-state index contributed by atoms with van der Waals surface area (Å²) in [5.74, 6) is 0.0463. The van der Waals surface area contributed by atoms with E-state index in [9.17, 15) is 9.59 Å². The van der Waals surface area contributed by atoms with E-state index in [1.165, 1.54) is 0 Å². The summed E-state index contributed by atoms with van der Waals surface area (Å²) in [5.41, 5.74) is 2.82. The molecule has 3 rings (SSSR count). The summed E-state index contributed by atoms with van der Waals surface area (Å²) >= 11 is 0. The van der Waals surface area contributed by atoms with E-state index in [1.807, 2.05) is 61.6 Å². The zero-order chi connectivity index (χ0) is 19.2. The number of hydrogen-bond donors (Lipinski definition) is 1. The minimum absolute atomic E-state index is 0.0200. The average molecular weight is 365 g/mol. The summed E-state index contributed by atoms with van der Waals surface area (Å²) < 4.78 is 0. The summed E-state index contributed by atoms with van der Waals surface area (Å²) in [5, 5.41) is 3.00. The fourth-order valence-corrected chi connectivity index (χ4v) is 3.62. The van der Waals surface area contributed by atoms with E-state index in [0.717, 1.165) is 42.7 Å². The summed E-state index contributed by atoms with van der Waals surface area (Å²) in [6.07, 6.45) is 1.78. The molecule has 27 heavy (non-hydrogen) atoms. The van der Waals surface area contributed by atoms with Gasteiger partial charge in [-0.3, -0.25) is 9.59 Å². The van der Waals surface area contributed by atoms with E-state index >= 15 is 0 Å². The molecule has 0 aromatic heterocycles. The van der Waals surface area contributed by atoms with Crippen LogP contribution in [0.2, 0.25) is 0 Å². The van der Waals surface area contributed by atoms with Gasteiger partial charge in [-0.1, -0.05) is 42.5 Å². The molecule has 0 atom stereocenters. The second-order valence-corrected chi connectivity index (χ2v) is 7.13. The number of anilines is 1. The Balaban J connectivity index is 1.70. The fraction of sp³-hybridized carbons (Fsp3) is 0.364. The van der Waals surface area contributed by atoms with Crippen LogP contribution in [-0.4, -0.2) is 42.9 Å². The number of nitrogens with zero attached hydrogens (tertiary/aromatic N) is 2. The SMILES string of the molecule is CC(=O)NC1CCN(c2ccccc2C(=O)N(C)Cc2ccccc2)CC1. The Bertz CT molecular complexity index is 783. The zero-order valence-electron chi connectivity index (χ0n) is 16.0. The first-order chi connectivity index (χ1) is 13.0. The first-order valence-corrected chi connectivity index (χ1v) is 9.45. The largest absolute Gasteiger partial charge is 0.371 e. The molecule has 1 aliphatic heterocycles. The van der Waals surface area contributed by atoms with Crippen molar-refractivity contribution in [2.45, 2.75) is 32.4 Å². The Morgan fingerprint density at radius 2 is 1.67 bits per heavy atom. The smallest absolute Gasteiger partial charge is 0.256 e. The molecule has 2 aromatic rings. The van der Waals surface area contributed by atoms with Crippen molar-refractivity contribution in [1.29, 1.82) is 0 Å². The maximum atomic E-state index is 13.1. The van der Waals surface area contributed by atoms with Crippen molar-refractivity contribution in [2.75, 3.05) is 25.0 Å². The lowest BCUT2D eigenvalue weighted by molar-refractivity contribution is -0.119. The third-order valence-corrected chi connectivity index (χ3v) is 4.99. The van der Waals surface area contributed by atoms with E-state index in [4.69, 9.17) is 0 Å². The molecule has 2 amide bonds. The van der Waals surface area contributed by atoms with Crippen LogP contribution in [0, 0.1) is 0 Å². The fourth-order valence-electron chi connectivity index (χ4n) is 3.62. The van der Waals surface area contributed by atoms with Crippen LogP contribution < -0.4 is 10.2 Å². The minimum Gasteiger partial charge on any atom is -0.371 e. The second kappa shape index (κ2) is 8.71. The first kappa shape index (κ1) is 19.0. The number of benzene rings is 2. The number of carbonyl (C=O) groups is 2. The van der Waals surface area contributed by atoms with Gasteiger partial charge in [0.05, 0.1) is 5.56 Å². The van der Waals surface area contributed by atoms with Gasteiger partial charge in [0, 0.05) is 45.3 Å². The molecular formula is C22H27N3O2. The monoisotopic (exact) mass is 365 g/mol. The molecule has 0 saturated carbocycles. The third kappa shape index (κ3) is 4.88. The molecule has 0 radical (unpaired) electrons. The van der Waals surface area contributed by atoms with Crippen molar-refractivity contribution >= 4 is 17.5 Å². The Kier molecular flexibility index (Phi) is 6.12. The molecule has 1 saturated heterocycles. The van der Waals surface area contributed by atoms with Gasteiger partial charge in [0.2, 0.25) is 5.91 Å². The van der Waals surface area contributed by atoms with Crippen LogP contribution in [0.5, 0.6) is 0 Å². The van der Waals surface area contributed by atoms with Gasteiger partial charge in [-0.25, -0.2) is 0 Å². The van der Waals surface area contributed by atoms with Gasteiger partial charge in [-0.05, 0) is 30.5 Å². The number of piperidine rings is 1. The van der Waals surface area contributed by atoms with Crippen molar-refractivity contribution < 1.29 is 9.59 Å². The Labute approximate surface area is 161 Å². The van der Waals surface area contributed by atoms with Gasteiger partial charge in [0.25, 0.3) is 5.91 Å². The van der Waals surface area contributed by atoms with Gasteiger partial charge in [0.15, 0.2) is 0 Å². The van der Waals surface area contributed by atoms with E-state index in [1.54, 1.807) is 11.8 Å². The number of nitrogens with one attached hydrogen (secondary N) is 1. The third-order valence-electron chi connectivity index (χ3n) is 4.99. The van der Waals surface area contributed by atoms with E-state index in [2.05, 4.69) is 10.2 Å². The Hall–Kier alpha value is -2.82. The maximum Gasteiger partial charge on any atom is 0.256 e. The van der Waals surface area contributed by atoms with E-state index < -0.39 is 0 Å². The topological polar surface area (TPSA) is 52.7 Å². The van der Waals surface area contributed by atoms with Gasteiger partial charge < -0.3 is 15.1 Å². The summed E-state index contributed by atoms with van der Waals surface area (Å²) in [6.45, 7) is 3.80. The van der Waals surface area contributed by atoms with Crippen LogP contribution in [0.1, 0.15) is 35.7 Å². The molecule has 5 nitrogen and oxygen atoms in total. The lowest BCUT2D eigenvalue weighted by Gasteiger charge is -2.35. The van der Waals surface area contributed by atoms with Crippen LogP contribution in [0.4, 0.5) is 5.69 Å². The highest BCUT2D eigenvalue weighted by Crippen LogP contribution is 2.25. The van der Waals surface area contributed by atoms with Crippen molar-refractivity contribution in [2.24, 2.45) is 0 Å². The predicted molar refractivity (Wildman–Crippen MR) is 108 cm³/mol. The lowest BCUT2D eigenvalue weighted by Crippen LogP contribution is -2.44. The molecule has 5 heteroatoms. The molecule has 0 bridgehead atoms. The van der Waals surface area contributed by atoms with Gasteiger partial charge in [-0.2, -0.15) is 0 Å². The highest BCUT2D eigenvalue weighted by atomic mass is 16.2. The van der Waals surface area contributed by atoms with Crippen LogP contribution in [-0.2, 0) is 11.3 Å².